The third-order valence-corrected chi connectivity index (χ3v) is 14.7. The van der Waals surface area contributed by atoms with Crippen LogP contribution in [0.1, 0.15) is 108 Å². The molecule has 1 aromatic carbocycles. The Balaban J connectivity index is 1.14. The second-order valence-electron chi connectivity index (χ2n) is 16.1. The molecule has 1 heterocycles. The molecular formula is C37H51N3O4. The van der Waals surface area contributed by atoms with Crippen molar-refractivity contribution in [1.82, 2.24) is 15.5 Å². The lowest BCUT2D eigenvalue weighted by Crippen LogP contribution is -2.68. The minimum atomic E-state index is -0.874. The summed E-state index contributed by atoms with van der Waals surface area (Å²) in [5, 5.41) is 15.8. The average Bonchev–Trinajstić information content (AvgIpc) is 3.41. The summed E-state index contributed by atoms with van der Waals surface area (Å²) in [6.07, 6.45) is 14.2. The minimum Gasteiger partial charge on any atom is -0.478 e. The van der Waals surface area contributed by atoms with Gasteiger partial charge < -0.3 is 20.6 Å². The zero-order chi connectivity index (χ0) is 31.1. The quantitative estimate of drug-likeness (QED) is 0.358. The molecule has 44 heavy (non-hydrogen) atoms. The third kappa shape index (κ3) is 4.23. The standard InChI is InChI=1S/C37H51N3O4/c1-23-26(24-7-9-25(10-8-24)32(42)43)13-16-34(2)27(23)14-17-36(4)30(34)12-11-28-29-6-5-15-37(29,19-18-35(28,36)3)39-33(44)40-21-20-38-31(41)22-40/h7-10,13,23,27-30H,5-6,11-12,14-22H2,1-4H3,(H,38,41)(H,39,44)(H,42,43)/t23?,27?,28?,29?,30?,34?,35-,36?,37?/m1/s1. The molecule has 0 bridgehead atoms. The number of fused-ring (bicyclic) bond motifs is 7. The first-order valence-corrected chi connectivity index (χ1v) is 17.3. The highest BCUT2D eigenvalue weighted by Crippen LogP contribution is 2.75. The fourth-order valence-corrected chi connectivity index (χ4v) is 12.3. The highest BCUT2D eigenvalue weighted by molar-refractivity contribution is 5.88. The number of nitrogens with zero attached hydrogens (tertiary/aromatic N) is 1. The molecular weight excluding hydrogens is 550 g/mol. The van der Waals surface area contributed by atoms with E-state index in [9.17, 15) is 19.5 Å². The van der Waals surface area contributed by atoms with Crippen LogP contribution < -0.4 is 10.6 Å². The molecule has 9 atom stereocenters. The average molecular weight is 602 g/mol. The van der Waals surface area contributed by atoms with Gasteiger partial charge in [0.1, 0.15) is 6.54 Å². The lowest BCUT2D eigenvalue weighted by molar-refractivity contribution is -0.210. The molecule has 8 unspecified atom stereocenters. The number of rotatable bonds is 3. The Morgan fingerprint density at radius 1 is 0.932 bits per heavy atom. The molecule has 7 rings (SSSR count). The second-order valence-corrected chi connectivity index (χ2v) is 16.1. The van der Waals surface area contributed by atoms with Crippen LogP contribution in [0.25, 0.3) is 5.57 Å². The number of carbonyl (C=O) groups excluding carboxylic acids is 2. The first kappa shape index (κ1) is 29.9. The summed E-state index contributed by atoms with van der Waals surface area (Å²) in [4.78, 5) is 38.6. The van der Waals surface area contributed by atoms with Gasteiger partial charge in [-0.05, 0) is 127 Å². The number of amides is 3. The van der Waals surface area contributed by atoms with Crippen molar-refractivity contribution in [1.29, 1.82) is 0 Å². The maximum absolute atomic E-state index is 13.5. The zero-order valence-electron chi connectivity index (χ0n) is 27.1. The number of nitrogens with one attached hydrogen (secondary N) is 2. The van der Waals surface area contributed by atoms with E-state index in [0.29, 0.717) is 48.2 Å². The lowest BCUT2D eigenvalue weighted by atomic mass is 9.34. The molecule has 238 valence electrons. The van der Waals surface area contributed by atoms with Crippen molar-refractivity contribution in [3.63, 3.8) is 0 Å². The summed E-state index contributed by atoms with van der Waals surface area (Å²) < 4.78 is 0. The maximum Gasteiger partial charge on any atom is 0.335 e. The Labute approximate surface area is 262 Å². The molecule has 1 aromatic rings. The van der Waals surface area contributed by atoms with Crippen molar-refractivity contribution in [3.8, 4) is 0 Å². The van der Waals surface area contributed by atoms with Crippen molar-refractivity contribution in [2.75, 3.05) is 19.6 Å². The largest absolute Gasteiger partial charge is 0.478 e. The van der Waals surface area contributed by atoms with Gasteiger partial charge in [0.25, 0.3) is 0 Å². The number of hydrogen-bond donors (Lipinski definition) is 3. The molecule has 0 spiro atoms. The summed E-state index contributed by atoms with van der Waals surface area (Å²) >= 11 is 0. The first-order valence-electron chi connectivity index (χ1n) is 17.3. The second kappa shape index (κ2) is 10.3. The van der Waals surface area contributed by atoms with E-state index >= 15 is 0 Å². The predicted molar refractivity (Wildman–Crippen MR) is 171 cm³/mol. The van der Waals surface area contributed by atoms with Gasteiger partial charge in [-0.15, -0.1) is 0 Å². The van der Waals surface area contributed by atoms with Crippen LogP contribution in [0, 0.1) is 45.8 Å². The topological polar surface area (TPSA) is 98.7 Å². The number of carboxylic acid groups (broad SMARTS) is 1. The number of hydrogen-bond acceptors (Lipinski definition) is 3. The van der Waals surface area contributed by atoms with Crippen molar-refractivity contribution in [3.05, 3.63) is 41.5 Å². The summed E-state index contributed by atoms with van der Waals surface area (Å²) in [7, 11) is 0. The number of piperazine rings is 1. The van der Waals surface area contributed by atoms with Crippen LogP contribution in [0.15, 0.2) is 30.3 Å². The molecule has 3 amide bonds. The van der Waals surface area contributed by atoms with E-state index in [1.54, 1.807) is 17.0 Å². The van der Waals surface area contributed by atoms with Crippen LogP contribution in [0.2, 0.25) is 0 Å². The summed E-state index contributed by atoms with van der Waals surface area (Å²) in [5.74, 6) is 1.92. The van der Waals surface area contributed by atoms with E-state index in [4.69, 9.17) is 0 Å². The van der Waals surface area contributed by atoms with Gasteiger partial charge in [-0.2, -0.15) is 0 Å². The summed E-state index contributed by atoms with van der Waals surface area (Å²) in [6, 6.07) is 7.46. The van der Waals surface area contributed by atoms with Gasteiger partial charge in [0.2, 0.25) is 5.91 Å². The van der Waals surface area contributed by atoms with Gasteiger partial charge in [-0.1, -0.05) is 52.3 Å². The highest BCUT2D eigenvalue weighted by atomic mass is 16.4. The molecule has 7 heteroatoms. The number of carbonyl (C=O) groups is 3. The number of carboxylic acids is 1. The monoisotopic (exact) mass is 601 g/mol. The maximum atomic E-state index is 13.5. The fourth-order valence-electron chi connectivity index (χ4n) is 12.3. The van der Waals surface area contributed by atoms with Crippen molar-refractivity contribution < 1.29 is 19.5 Å². The zero-order valence-corrected chi connectivity index (χ0v) is 27.1. The van der Waals surface area contributed by atoms with E-state index < -0.39 is 5.97 Å². The molecule has 0 radical (unpaired) electrons. The Morgan fingerprint density at radius 3 is 2.43 bits per heavy atom. The van der Waals surface area contributed by atoms with E-state index in [1.165, 1.54) is 49.7 Å². The SMILES string of the molecule is CC1C(c2ccc(C(=O)O)cc2)=CCC2(C)C1CCC1(C)C2CCC2C3CCCC3(NC(=O)N3CCNC(=O)C3)CC[C@]21C. The summed E-state index contributed by atoms with van der Waals surface area (Å²) in [5.41, 5.74) is 3.54. The number of urea groups is 1. The fraction of sp³-hybridized carbons (Fsp3) is 0.703. The van der Waals surface area contributed by atoms with Crippen LogP contribution in [0.4, 0.5) is 4.79 Å². The van der Waals surface area contributed by atoms with Crippen LogP contribution in [0.5, 0.6) is 0 Å². The van der Waals surface area contributed by atoms with Crippen LogP contribution in [-0.4, -0.2) is 53.1 Å². The predicted octanol–water partition coefficient (Wildman–Crippen LogP) is 6.74. The van der Waals surface area contributed by atoms with E-state index in [1.807, 2.05) is 12.1 Å². The molecule has 7 nitrogen and oxygen atoms in total. The van der Waals surface area contributed by atoms with Crippen molar-refractivity contribution >= 4 is 23.5 Å². The van der Waals surface area contributed by atoms with Crippen LogP contribution in [0.3, 0.4) is 0 Å². The smallest absolute Gasteiger partial charge is 0.335 e. The normalized spacial score (nSPS) is 43.0. The van der Waals surface area contributed by atoms with E-state index in [-0.39, 0.29) is 40.3 Å². The molecule has 5 aliphatic carbocycles. The molecule has 1 aliphatic heterocycles. The van der Waals surface area contributed by atoms with Gasteiger partial charge in [0, 0.05) is 18.6 Å². The van der Waals surface area contributed by atoms with Gasteiger partial charge in [-0.25, -0.2) is 9.59 Å². The van der Waals surface area contributed by atoms with E-state index in [0.717, 1.165) is 25.7 Å². The Bertz CT molecular complexity index is 1390. The molecule has 1 saturated heterocycles. The van der Waals surface area contributed by atoms with Crippen LogP contribution in [-0.2, 0) is 4.79 Å². The number of allylic oxidation sites excluding steroid dienone is 2. The molecule has 0 aromatic heterocycles. The van der Waals surface area contributed by atoms with Crippen molar-refractivity contribution in [2.45, 2.75) is 97.4 Å². The van der Waals surface area contributed by atoms with Crippen LogP contribution >= 0.6 is 0 Å². The molecule has 3 N–H and O–H groups in total. The van der Waals surface area contributed by atoms with E-state index in [2.05, 4.69) is 44.4 Å². The molecule has 5 fully saturated rings. The van der Waals surface area contributed by atoms with Gasteiger partial charge in [0.15, 0.2) is 0 Å². The molecule has 6 aliphatic rings. The Kier molecular flexibility index (Phi) is 7.02. The Morgan fingerprint density at radius 2 is 1.70 bits per heavy atom. The number of aromatic carboxylic acids is 1. The van der Waals surface area contributed by atoms with Gasteiger partial charge in [-0.3, -0.25) is 4.79 Å². The van der Waals surface area contributed by atoms with Gasteiger partial charge in [0.05, 0.1) is 5.56 Å². The van der Waals surface area contributed by atoms with Gasteiger partial charge >= 0.3 is 12.0 Å². The first-order chi connectivity index (χ1) is 20.9. The lowest BCUT2D eigenvalue weighted by Gasteiger charge is -2.71. The third-order valence-electron chi connectivity index (χ3n) is 14.7. The summed E-state index contributed by atoms with van der Waals surface area (Å²) in [6.45, 7) is 11.6. The Hall–Kier alpha value is -2.83. The number of benzene rings is 1. The minimum absolute atomic E-state index is 0.0420. The molecule has 4 saturated carbocycles. The van der Waals surface area contributed by atoms with Crippen molar-refractivity contribution in [2.24, 2.45) is 45.8 Å². The highest BCUT2D eigenvalue weighted by Gasteiger charge is 2.68.